The molecule has 0 aromatic rings. The number of nitrogens with zero attached hydrogens (tertiary/aromatic N) is 2. The van der Waals surface area contributed by atoms with Crippen LogP contribution in [0.1, 0.15) is 79.6 Å². The Labute approximate surface area is 170 Å². The van der Waals surface area contributed by atoms with Gasteiger partial charge in [0.25, 0.3) is 0 Å². The molecule has 0 bridgehead atoms. The van der Waals surface area contributed by atoms with Crippen LogP contribution in [0.15, 0.2) is 4.99 Å². The molecule has 1 unspecified atom stereocenters. The van der Waals surface area contributed by atoms with Crippen LogP contribution in [0, 0.1) is 0 Å². The summed E-state index contributed by atoms with van der Waals surface area (Å²) in [6, 6.07) is 0. The van der Waals surface area contributed by atoms with Crippen molar-refractivity contribution in [3.8, 4) is 0 Å². The van der Waals surface area contributed by atoms with Crippen molar-refractivity contribution >= 4 is 25.1 Å². The molecule has 164 valence electrons. The molecule has 7 nitrogen and oxygen atoms in total. The van der Waals surface area contributed by atoms with E-state index in [2.05, 4.69) is 18.8 Å². The predicted molar refractivity (Wildman–Crippen MR) is 114 cm³/mol. The highest BCUT2D eigenvalue weighted by atomic mass is 31.2. The molecule has 0 radical (unpaired) electrons. The second-order valence-corrected chi connectivity index (χ2v) is 9.04. The van der Waals surface area contributed by atoms with E-state index in [1.54, 1.807) is 6.92 Å². The number of rotatable bonds is 16. The minimum atomic E-state index is -3.44. The van der Waals surface area contributed by atoms with Gasteiger partial charge in [0.15, 0.2) is 0 Å². The summed E-state index contributed by atoms with van der Waals surface area (Å²) in [6.45, 7) is 11.1. The first kappa shape index (κ1) is 27.0. The van der Waals surface area contributed by atoms with Crippen molar-refractivity contribution in [2.24, 2.45) is 4.99 Å². The summed E-state index contributed by atoms with van der Waals surface area (Å²) in [4.78, 5) is 28.8. The first-order chi connectivity index (χ1) is 13.3. The lowest BCUT2D eigenvalue weighted by Crippen LogP contribution is -2.36. The van der Waals surface area contributed by atoms with Crippen molar-refractivity contribution in [1.29, 1.82) is 0 Å². The van der Waals surface area contributed by atoms with Crippen LogP contribution >= 0.6 is 7.60 Å². The quantitative estimate of drug-likeness (QED) is 0.154. The van der Waals surface area contributed by atoms with E-state index in [9.17, 15) is 14.2 Å². The maximum absolute atomic E-state index is 13.4. The third kappa shape index (κ3) is 13.2. The number of carbonyl (C=O) groups excluding carboxylic acids is 2. The van der Waals surface area contributed by atoms with Gasteiger partial charge in [0.05, 0.1) is 13.2 Å². The van der Waals surface area contributed by atoms with Gasteiger partial charge in [0.2, 0.25) is 5.91 Å². The molecular weight excluding hydrogens is 379 g/mol. The summed E-state index contributed by atoms with van der Waals surface area (Å²) in [6.07, 6.45) is 5.29. The molecule has 0 spiro atoms. The van der Waals surface area contributed by atoms with Crippen LogP contribution in [0.5, 0.6) is 0 Å². The van der Waals surface area contributed by atoms with Gasteiger partial charge >= 0.3 is 7.60 Å². The Morgan fingerprint density at radius 1 is 0.893 bits per heavy atom. The fraction of sp³-hybridized carbons (Fsp3) is 0.850. The SMILES string of the molecule is CCCCOP(=O)(CC(=NC(C)=O)N(CCC)CCC)OCCCCC(C)=O. The van der Waals surface area contributed by atoms with Crippen LogP contribution in [0.3, 0.4) is 0 Å². The number of unbranched alkanes of at least 4 members (excludes halogenated alkanes) is 2. The standard InChI is InChI=1S/C20H39N2O5P/c1-6-9-15-26-28(25,27-16-11-10-12-18(4)23)17-20(21-19(5)24)22(13-7-2)14-8-3/h6-17H2,1-5H3. The average Bonchev–Trinajstić information content (AvgIpc) is 2.60. The fourth-order valence-electron chi connectivity index (χ4n) is 2.63. The number of amides is 1. The van der Waals surface area contributed by atoms with Crippen molar-refractivity contribution in [1.82, 2.24) is 4.90 Å². The van der Waals surface area contributed by atoms with Crippen LogP contribution in [-0.4, -0.2) is 54.9 Å². The van der Waals surface area contributed by atoms with Gasteiger partial charge in [0.1, 0.15) is 17.8 Å². The van der Waals surface area contributed by atoms with Gasteiger partial charge in [-0.2, -0.15) is 4.99 Å². The summed E-state index contributed by atoms with van der Waals surface area (Å²) in [7, 11) is -3.44. The maximum Gasteiger partial charge on any atom is 0.338 e. The minimum Gasteiger partial charge on any atom is -0.359 e. The topological polar surface area (TPSA) is 85.3 Å². The largest absolute Gasteiger partial charge is 0.359 e. The van der Waals surface area contributed by atoms with Crippen molar-refractivity contribution in [2.45, 2.75) is 79.6 Å². The number of hydrogen-bond donors (Lipinski definition) is 0. The molecule has 0 fully saturated rings. The van der Waals surface area contributed by atoms with E-state index in [0.717, 1.165) is 38.8 Å². The first-order valence-corrected chi connectivity index (χ1v) is 12.2. The second kappa shape index (κ2) is 15.8. The van der Waals surface area contributed by atoms with E-state index in [4.69, 9.17) is 9.05 Å². The summed E-state index contributed by atoms with van der Waals surface area (Å²) >= 11 is 0. The van der Waals surface area contributed by atoms with E-state index >= 15 is 0 Å². The lowest BCUT2D eigenvalue weighted by Gasteiger charge is -2.28. The summed E-state index contributed by atoms with van der Waals surface area (Å²) in [5, 5.41) is 0. The monoisotopic (exact) mass is 418 g/mol. The minimum absolute atomic E-state index is 0.0109. The zero-order valence-corrected chi connectivity index (χ0v) is 19.3. The Kier molecular flexibility index (Phi) is 15.2. The number of aliphatic imine (C=N–C) groups is 1. The van der Waals surface area contributed by atoms with Gasteiger partial charge < -0.3 is 18.7 Å². The zero-order chi connectivity index (χ0) is 21.4. The summed E-state index contributed by atoms with van der Waals surface area (Å²) in [5.74, 6) is 0.279. The van der Waals surface area contributed by atoms with Gasteiger partial charge in [-0.25, -0.2) is 0 Å². The van der Waals surface area contributed by atoms with Crippen molar-refractivity contribution in [2.75, 3.05) is 32.5 Å². The van der Waals surface area contributed by atoms with Gasteiger partial charge in [0, 0.05) is 26.4 Å². The Balaban J connectivity index is 5.25. The number of Topliss-reactive ketones (excluding diaryl/α,β-unsaturated/α-hetero) is 1. The van der Waals surface area contributed by atoms with Crippen LogP contribution in [0.2, 0.25) is 0 Å². The highest BCUT2D eigenvalue weighted by Crippen LogP contribution is 2.48. The van der Waals surface area contributed by atoms with Gasteiger partial charge in [-0.1, -0.05) is 27.2 Å². The molecule has 1 amide bonds. The number of hydrogen-bond acceptors (Lipinski definition) is 5. The molecule has 1 atom stereocenters. The summed E-state index contributed by atoms with van der Waals surface area (Å²) in [5.41, 5.74) is 0. The highest BCUT2D eigenvalue weighted by Gasteiger charge is 2.29. The van der Waals surface area contributed by atoms with E-state index in [1.165, 1.54) is 6.92 Å². The lowest BCUT2D eigenvalue weighted by atomic mass is 10.2. The van der Waals surface area contributed by atoms with Gasteiger partial charge in [-0.05, 0) is 39.0 Å². The molecule has 0 aromatic carbocycles. The molecule has 28 heavy (non-hydrogen) atoms. The van der Waals surface area contributed by atoms with E-state index in [1.807, 2.05) is 11.8 Å². The number of ketones is 1. The summed E-state index contributed by atoms with van der Waals surface area (Å²) < 4.78 is 24.7. The molecule has 0 aliphatic heterocycles. The van der Waals surface area contributed by atoms with Gasteiger partial charge in [-0.15, -0.1) is 0 Å². The van der Waals surface area contributed by atoms with E-state index in [0.29, 0.717) is 31.7 Å². The van der Waals surface area contributed by atoms with Crippen LogP contribution < -0.4 is 0 Å². The number of carbonyl (C=O) groups is 2. The third-order valence-electron chi connectivity index (χ3n) is 3.97. The number of amidine groups is 1. The predicted octanol–water partition coefficient (Wildman–Crippen LogP) is 4.84. The maximum atomic E-state index is 13.4. The Morgan fingerprint density at radius 3 is 1.93 bits per heavy atom. The molecule has 0 N–H and O–H groups in total. The van der Waals surface area contributed by atoms with Crippen molar-refractivity contribution in [3.63, 3.8) is 0 Å². The molecule has 0 rings (SSSR count). The second-order valence-electron chi connectivity index (χ2n) is 6.98. The Hall–Kier alpha value is -1.04. The van der Waals surface area contributed by atoms with Gasteiger partial charge in [-0.3, -0.25) is 9.36 Å². The van der Waals surface area contributed by atoms with Crippen LogP contribution in [-0.2, 0) is 23.2 Å². The van der Waals surface area contributed by atoms with E-state index < -0.39 is 7.60 Å². The lowest BCUT2D eigenvalue weighted by molar-refractivity contribution is -0.117. The molecule has 0 aliphatic rings. The zero-order valence-electron chi connectivity index (χ0n) is 18.4. The van der Waals surface area contributed by atoms with Crippen LogP contribution in [0.4, 0.5) is 0 Å². The third-order valence-corrected chi connectivity index (χ3v) is 5.79. The fourth-order valence-corrected chi connectivity index (χ4v) is 4.32. The van der Waals surface area contributed by atoms with Crippen LogP contribution in [0.25, 0.3) is 0 Å². The molecule has 0 saturated heterocycles. The smallest absolute Gasteiger partial charge is 0.338 e. The Bertz CT molecular complexity index is 531. The normalized spacial score (nSPS) is 14.0. The average molecular weight is 419 g/mol. The Morgan fingerprint density at radius 2 is 1.46 bits per heavy atom. The molecule has 0 heterocycles. The molecule has 0 aliphatic carbocycles. The molecule has 0 saturated carbocycles. The molecule has 8 heteroatoms. The molecule has 0 aromatic heterocycles. The highest BCUT2D eigenvalue weighted by molar-refractivity contribution is 7.54. The van der Waals surface area contributed by atoms with E-state index in [-0.39, 0.29) is 24.5 Å². The first-order valence-electron chi connectivity index (χ1n) is 10.5. The van der Waals surface area contributed by atoms with Crippen molar-refractivity contribution in [3.05, 3.63) is 0 Å². The van der Waals surface area contributed by atoms with Crippen molar-refractivity contribution < 1.29 is 23.2 Å². The molecular formula is C20H39N2O5P.